The molecule has 100 valence electrons. The fourth-order valence-corrected chi connectivity index (χ4v) is 1.91. The first-order valence-electron chi connectivity index (χ1n) is 5.78. The fraction of sp³-hybridized carbons (Fsp3) is 0. The Balaban J connectivity index is 2.15. The molecule has 0 fully saturated rings. The molecule has 7 heteroatoms. The zero-order chi connectivity index (χ0) is 14.1. The van der Waals surface area contributed by atoms with E-state index in [0.717, 1.165) is 0 Å². The zero-order valence-corrected chi connectivity index (χ0v) is 10.2. The molecule has 0 unspecified atom stereocenters. The number of aromatic nitrogens is 3. The summed E-state index contributed by atoms with van der Waals surface area (Å²) >= 11 is 0. The molecule has 1 aromatic carbocycles. The van der Waals surface area contributed by atoms with Crippen LogP contribution in [0, 0.1) is 11.2 Å². The summed E-state index contributed by atoms with van der Waals surface area (Å²) in [5, 5.41) is 16.1. The molecule has 6 nitrogen and oxygen atoms in total. The highest BCUT2D eigenvalue weighted by atomic mass is 19.1. The van der Waals surface area contributed by atoms with Gasteiger partial charge in [-0.2, -0.15) is 0 Å². The van der Waals surface area contributed by atoms with Gasteiger partial charge in [0.15, 0.2) is 11.7 Å². The molecule has 2 heterocycles. The molecule has 0 atom stereocenters. The number of benzene rings is 1. The SMILES string of the molecule is N=C(NO)c1cc2nc(-c3ccccn3)[nH]c2cc1F. The number of nitrogens with zero attached hydrogens (tertiary/aromatic N) is 2. The maximum Gasteiger partial charge on any atom is 0.157 e. The van der Waals surface area contributed by atoms with Crippen LogP contribution in [-0.4, -0.2) is 26.0 Å². The van der Waals surface area contributed by atoms with E-state index in [1.54, 1.807) is 23.8 Å². The predicted molar refractivity (Wildman–Crippen MR) is 71.0 cm³/mol. The number of nitrogens with one attached hydrogen (secondary N) is 3. The highest BCUT2D eigenvalue weighted by Crippen LogP contribution is 2.21. The van der Waals surface area contributed by atoms with Gasteiger partial charge >= 0.3 is 0 Å². The summed E-state index contributed by atoms with van der Waals surface area (Å²) in [5.41, 5.74) is 3.19. The van der Waals surface area contributed by atoms with Crippen molar-refractivity contribution < 1.29 is 9.60 Å². The molecule has 3 rings (SSSR count). The molecule has 0 spiro atoms. The normalized spacial score (nSPS) is 10.7. The van der Waals surface area contributed by atoms with Crippen molar-refractivity contribution in [2.75, 3.05) is 0 Å². The number of hydrogen-bond donors (Lipinski definition) is 4. The van der Waals surface area contributed by atoms with Crippen LogP contribution in [0.3, 0.4) is 0 Å². The Hall–Kier alpha value is -2.80. The number of pyridine rings is 1. The van der Waals surface area contributed by atoms with Crippen molar-refractivity contribution >= 4 is 16.9 Å². The number of rotatable bonds is 2. The van der Waals surface area contributed by atoms with Crippen LogP contribution in [0.15, 0.2) is 36.5 Å². The van der Waals surface area contributed by atoms with Gasteiger partial charge in [0.2, 0.25) is 0 Å². The molecule has 0 amide bonds. The van der Waals surface area contributed by atoms with Crippen molar-refractivity contribution in [2.24, 2.45) is 0 Å². The number of hydroxylamine groups is 1. The molecule has 0 aliphatic rings. The summed E-state index contributed by atoms with van der Waals surface area (Å²) < 4.78 is 13.8. The molecule has 0 aliphatic heterocycles. The third-order valence-corrected chi connectivity index (χ3v) is 2.86. The molecule has 2 aromatic heterocycles. The molecule has 0 saturated heterocycles. The Morgan fingerprint density at radius 3 is 2.90 bits per heavy atom. The topological polar surface area (TPSA) is 97.7 Å². The maximum atomic E-state index is 13.8. The zero-order valence-electron chi connectivity index (χ0n) is 10.2. The lowest BCUT2D eigenvalue weighted by Crippen LogP contribution is -2.20. The van der Waals surface area contributed by atoms with E-state index >= 15 is 0 Å². The van der Waals surface area contributed by atoms with Crippen LogP contribution in [0.1, 0.15) is 5.56 Å². The molecular weight excluding hydrogens is 261 g/mol. The second-order valence-corrected chi connectivity index (χ2v) is 4.14. The number of imidazole rings is 1. The average molecular weight is 271 g/mol. The second kappa shape index (κ2) is 4.71. The molecule has 20 heavy (non-hydrogen) atoms. The number of aromatic amines is 1. The van der Waals surface area contributed by atoms with Gasteiger partial charge in [-0.05, 0) is 18.2 Å². The molecule has 0 radical (unpaired) electrons. The molecule has 0 saturated carbocycles. The first-order chi connectivity index (χ1) is 9.69. The molecular formula is C13H10FN5O. The van der Waals surface area contributed by atoms with Crippen molar-refractivity contribution in [2.45, 2.75) is 0 Å². The Morgan fingerprint density at radius 2 is 2.20 bits per heavy atom. The first-order valence-corrected chi connectivity index (χ1v) is 5.78. The van der Waals surface area contributed by atoms with Crippen LogP contribution >= 0.6 is 0 Å². The lowest BCUT2D eigenvalue weighted by atomic mass is 10.1. The maximum absolute atomic E-state index is 13.8. The second-order valence-electron chi connectivity index (χ2n) is 4.14. The summed E-state index contributed by atoms with van der Waals surface area (Å²) in [5.74, 6) is -0.535. The number of halogens is 1. The van der Waals surface area contributed by atoms with Crippen LogP contribution in [0.25, 0.3) is 22.6 Å². The summed E-state index contributed by atoms with van der Waals surface area (Å²) in [4.78, 5) is 11.4. The van der Waals surface area contributed by atoms with Gasteiger partial charge in [0.05, 0.1) is 16.6 Å². The lowest BCUT2D eigenvalue weighted by molar-refractivity contribution is 0.234. The van der Waals surface area contributed by atoms with Crippen molar-refractivity contribution in [1.29, 1.82) is 5.41 Å². The van der Waals surface area contributed by atoms with E-state index in [4.69, 9.17) is 10.6 Å². The average Bonchev–Trinajstić information content (AvgIpc) is 2.89. The lowest BCUT2D eigenvalue weighted by Gasteiger charge is -2.02. The van der Waals surface area contributed by atoms with Crippen molar-refractivity contribution in [1.82, 2.24) is 20.4 Å². The first kappa shape index (κ1) is 12.2. The van der Waals surface area contributed by atoms with Gasteiger partial charge in [-0.1, -0.05) is 6.07 Å². The minimum absolute atomic E-state index is 0.0564. The quantitative estimate of drug-likeness (QED) is 0.326. The summed E-state index contributed by atoms with van der Waals surface area (Å²) in [6, 6.07) is 8.02. The Morgan fingerprint density at radius 1 is 1.35 bits per heavy atom. The third kappa shape index (κ3) is 1.99. The van der Waals surface area contributed by atoms with Gasteiger partial charge in [0, 0.05) is 12.3 Å². The van der Waals surface area contributed by atoms with Gasteiger partial charge in [0.1, 0.15) is 11.5 Å². The minimum atomic E-state index is -0.625. The summed E-state index contributed by atoms with van der Waals surface area (Å²) in [6.45, 7) is 0. The number of hydrogen-bond acceptors (Lipinski definition) is 4. The molecule has 0 aliphatic carbocycles. The van der Waals surface area contributed by atoms with Gasteiger partial charge < -0.3 is 4.98 Å². The summed E-state index contributed by atoms with van der Waals surface area (Å²) in [6.07, 6.45) is 1.64. The van der Waals surface area contributed by atoms with E-state index in [-0.39, 0.29) is 5.56 Å². The molecule has 3 aromatic rings. The highest BCUT2D eigenvalue weighted by molar-refractivity contribution is 5.99. The van der Waals surface area contributed by atoms with Crippen LogP contribution in [0.2, 0.25) is 0 Å². The number of amidine groups is 1. The smallest absolute Gasteiger partial charge is 0.157 e. The van der Waals surface area contributed by atoms with Crippen LogP contribution < -0.4 is 5.48 Å². The predicted octanol–water partition coefficient (Wildman–Crippen LogP) is 2.07. The van der Waals surface area contributed by atoms with Crippen LogP contribution in [0.4, 0.5) is 4.39 Å². The van der Waals surface area contributed by atoms with Gasteiger partial charge in [-0.3, -0.25) is 21.1 Å². The Kier molecular flexibility index (Phi) is 2.88. The highest BCUT2D eigenvalue weighted by Gasteiger charge is 2.13. The number of fused-ring (bicyclic) bond motifs is 1. The summed E-state index contributed by atoms with van der Waals surface area (Å²) in [7, 11) is 0. The molecule has 4 N–H and O–H groups in total. The Labute approximate surface area is 112 Å². The van der Waals surface area contributed by atoms with Crippen molar-refractivity contribution in [3.8, 4) is 11.5 Å². The van der Waals surface area contributed by atoms with E-state index in [0.29, 0.717) is 22.6 Å². The van der Waals surface area contributed by atoms with Crippen molar-refractivity contribution in [3.63, 3.8) is 0 Å². The van der Waals surface area contributed by atoms with E-state index in [1.165, 1.54) is 12.1 Å². The van der Waals surface area contributed by atoms with Gasteiger partial charge in [0.25, 0.3) is 0 Å². The van der Waals surface area contributed by atoms with E-state index < -0.39 is 11.7 Å². The van der Waals surface area contributed by atoms with Crippen molar-refractivity contribution in [3.05, 3.63) is 47.9 Å². The third-order valence-electron chi connectivity index (χ3n) is 2.86. The fourth-order valence-electron chi connectivity index (χ4n) is 1.91. The van der Waals surface area contributed by atoms with Crippen LogP contribution in [0.5, 0.6) is 0 Å². The van der Waals surface area contributed by atoms with E-state index in [9.17, 15) is 4.39 Å². The standard InChI is InChI=1S/C13H10FN5O/c14-8-6-11-10(5-7(8)12(15)19-20)17-13(18-11)9-3-1-2-4-16-9/h1-6,20H,(H2,15,19)(H,17,18). The largest absolute Gasteiger partial charge is 0.337 e. The monoisotopic (exact) mass is 271 g/mol. The Bertz CT molecular complexity index is 784. The number of H-pyrrole nitrogens is 1. The molecule has 0 bridgehead atoms. The van der Waals surface area contributed by atoms with Gasteiger partial charge in [-0.15, -0.1) is 0 Å². The minimum Gasteiger partial charge on any atom is -0.337 e. The van der Waals surface area contributed by atoms with Gasteiger partial charge in [-0.25, -0.2) is 9.37 Å². The van der Waals surface area contributed by atoms with E-state index in [1.807, 2.05) is 6.07 Å². The van der Waals surface area contributed by atoms with E-state index in [2.05, 4.69) is 15.0 Å². The van der Waals surface area contributed by atoms with Crippen LogP contribution in [-0.2, 0) is 0 Å².